The van der Waals surface area contributed by atoms with Crippen LogP contribution in [0.4, 0.5) is 3.89 Å². The van der Waals surface area contributed by atoms with E-state index in [2.05, 4.69) is 0 Å². The molecule has 1 rings (SSSR count). The van der Waals surface area contributed by atoms with Crippen LogP contribution in [0.2, 0.25) is 0 Å². The average molecular weight is 216 g/mol. The lowest BCUT2D eigenvalue weighted by Crippen LogP contribution is -2.15. The van der Waals surface area contributed by atoms with E-state index in [-0.39, 0.29) is 10.3 Å². The van der Waals surface area contributed by atoms with Gasteiger partial charge in [-0.1, -0.05) is 39.0 Å². The lowest BCUT2D eigenvalue weighted by atomic mass is 9.87. The molecule has 4 heteroatoms. The largest absolute Gasteiger partial charge is 0.332 e. The molecule has 0 amide bonds. The molecular weight excluding hydrogens is 203 g/mol. The predicted molar refractivity (Wildman–Crippen MR) is 53.4 cm³/mol. The van der Waals surface area contributed by atoms with Gasteiger partial charge in [0, 0.05) is 0 Å². The molecule has 1 aromatic carbocycles. The minimum absolute atomic E-state index is 0.229. The van der Waals surface area contributed by atoms with Gasteiger partial charge in [0.15, 0.2) is 0 Å². The number of hydrogen-bond donors (Lipinski definition) is 0. The second-order valence-electron chi connectivity index (χ2n) is 4.18. The average Bonchev–Trinajstić information content (AvgIpc) is 2.01. The Morgan fingerprint density at radius 2 is 1.64 bits per heavy atom. The van der Waals surface area contributed by atoms with Crippen LogP contribution < -0.4 is 0 Å². The minimum atomic E-state index is -4.62. The van der Waals surface area contributed by atoms with Crippen molar-refractivity contribution in [1.29, 1.82) is 0 Å². The van der Waals surface area contributed by atoms with Crippen LogP contribution in [0.1, 0.15) is 26.3 Å². The van der Waals surface area contributed by atoms with Gasteiger partial charge < -0.3 is 0 Å². The first-order valence-electron chi connectivity index (χ1n) is 4.27. The summed E-state index contributed by atoms with van der Waals surface area (Å²) in [6.07, 6.45) is 0. The molecule has 0 radical (unpaired) electrons. The van der Waals surface area contributed by atoms with Crippen molar-refractivity contribution in [1.82, 2.24) is 0 Å². The third-order valence-corrected chi connectivity index (χ3v) is 2.84. The lowest BCUT2D eigenvalue weighted by Gasteiger charge is -2.20. The van der Waals surface area contributed by atoms with E-state index >= 15 is 0 Å². The van der Waals surface area contributed by atoms with Gasteiger partial charge >= 0.3 is 10.2 Å². The molecule has 0 unspecified atom stereocenters. The van der Waals surface area contributed by atoms with E-state index < -0.39 is 10.2 Å². The lowest BCUT2D eigenvalue weighted by molar-refractivity contribution is 0.535. The Morgan fingerprint density at radius 1 is 1.14 bits per heavy atom. The summed E-state index contributed by atoms with van der Waals surface area (Å²) in [5.74, 6) is 0. The van der Waals surface area contributed by atoms with Crippen molar-refractivity contribution >= 4 is 10.2 Å². The summed E-state index contributed by atoms with van der Waals surface area (Å²) in [5, 5.41) is 0. The minimum Gasteiger partial charge on any atom is -0.189 e. The molecule has 0 aliphatic heterocycles. The van der Waals surface area contributed by atoms with Gasteiger partial charge in [-0.2, -0.15) is 8.42 Å². The highest BCUT2D eigenvalue weighted by molar-refractivity contribution is 7.86. The van der Waals surface area contributed by atoms with Crippen LogP contribution in [0.15, 0.2) is 29.2 Å². The zero-order valence-electron chi connectivity index (χ0n) is 8.41. The van der Waals surface area contributed by atoms with E-state index in [1.807, 2.05) is 20.8 Å². The van der Waals surface area contributed by atoms with Crippen molar-refractivity contribution in [3.8, 4) is 0 Å². The van der Waals surface area contributed by atoms with Crippen LogP contribution >= 0.6 is 0 Å². The fourth-order valence-corrected chi connectivity index (χ4v) is 2.18. The van der Waals surface area contributed by atoms with E-state index in [9.17, 15) is 12.3 Å². The third kappa shape index (κ3) is 2.32. The van der Waals surface area contributed by atoms with Gasteiger partial charge in [0.1, 0.15) is 4.90 Å². The van der Waals surface area contributed by atoms with E-state index in [1.54, 1.807) is 12.1 Å². The van der Waals surface area contributed by atoms with Gasteiger partial charge in [-0.15, -0.1) is 3.89 Å². The van der Waals surface area contributed by atoms with Crippen LogP contribution in [0.3, 0.4) is 0 Å². The Morgan fingerprint density at radius 3 is 2.00 bits per heavy atom. The third-order valence-electron chi connectivity index (χ3n) is 1.96. The predicted octanol–water partition coefficient (Wildman–Crippen LogP) is 2.64. The van der Waals surface area contributed by atoms with E-state index in [4.69, 9.17) is 0 Å². The Labute approximate surface area is 84.0 Å². The van der Waals surface area contributed by atoms with Crippen molar-refractivity contribution in [3.05, 3.63) is 29.8 Å². The van der Waals surface area contributed by atoms with Crippen molar-refractivity contribution < 1.29 is 12.3 Å². The van der Waals surface area contributed by atoms with E-state index in [1.165, 1.54) is 12.1 Å². The van der Waals surface area contributed by atoms with Gasteiger partial charge in [0.05, 0.1) is 0 Å². The molecule has 0 aromatic heterocycles. The van der Waals surface area contributed by atoms with Gasteiger partial charge in [-0.25, -0.2) is 0 Å². The fraction of sp³-hybridized carbons (Fsp3) is 0.400. The summed E-state index contributed by atoms with van der Waals surface area (Å²) in [7, 11) is -4.62. The number of halogens is 1. The molecule has 0 aliphatic carbocycles. The molecule has 1 aromatic rings. The van der Waals surface area contributed by atoms with Crippen molar-refractivity contribution in [2.24, 2.45) is 0 Å². The standard InChI is InChI=1S/C10H13FO2S/c1-10(2,3)8-6-4-5-7-9(8)14(11,12)13/h4-7H,1-3H3. The molecule has 0 saturated carbocycles. The Kier molecular flexibility index (Phi) is 2.67. The van der Waals surface area contributed by atoms with E-state index in [0.717, 1.165) is 0 Å². The number of rotatable bonds is 1. The summed E-state index contributed by atoms with van der Waals surface area (Å²) in [6.45, 7) is 5.53. The summed E-state index contributed by atoms with van der Waals surface area (Å²) >= 11 is 0. The van der Waals surface area contributed by atoms with Gasteiger partial charge in [0.2, 0.25) is 0 Å². The van der Waals surface area contributed by atoms with Crippen molar-refractivity contribution in [2.75, 3.05) is 0 Å². The fourth-order valence-electron chi connectivity index (χ4n) is 1.30. The Bertz CT molecular complexity index is 430. The number of hydrogen-bond acceptors (Lipinski definition) is 2. The zero-order chi connectivity index (χ0) is 11.0. The van der Waals surface area contributed by atoms with Crippen LogP contribution in [0.5, 0.6) is 0 Å². The van der Waals surface area contributed by atoms with Gasteiger partial charge in [-0.3, -0.25) is 0 Å². The molecule has 0 saturated heterocycles. The monoisotopic (exact) mass is 216 g/mol. The molecule has 2 nitrogen and oxygen atoms in total. The molecule has 78 valence electrons. The maximum Gasteiger partial charge on any atom is 0.332 e. The maximum atomic E-state index is 12.9. The van der Waals surface area contributed by atoms with Crippen molar-refractivity contribution in [3.63, 3.8) is 0 Å². The second kappa shape index (κ2) is 3.35. The zero-order valence-corrected chi connectivity index (χ0v) is 9.23. The first-order chi connectivity index (χ1) is 6.23. The SMILES string of the molecule is CC(C)(C)c1ccccc1S(=O)(=O)F. The highest BCUT2D eigenvalue weighted by atomic mass is 32.3. The first-order valence-corrected chi connectivity index (χ1v) is 5.65. The molecule has 0 aliphatic rings. The van der Waals surface area contributed by atoms with Crippen LogP contribution in [-0.4, -0.2) is 8.42 Å². The normalized spacial score (nSPS) is 12.9. The van der Waals surface area contributed by atoms with Crippen LogP contribution in [0.25, 0.3) is 0 Å². The molecule has 14 heavy (non-hydrogen) atoms. The summed E-state index contributed by atoms with van der Waals surface area (Å²) < 4.78 is 34.6. The Balaban J connectivity index is 3.47. The Hall–Kier alpha value is -0.900. The van der Waals surface area contributed by atoms with Crippen LogP contribution in [-0.2, 0) is 15.6 Å². The van der Waals surface area contributed by atoms with E-state index in [0.29, 0.717) is 5.56 Å². The smallest absolute Gasteiger partial charge is 0.189 e. The highest BCUT2D eigenvalue weighted by Crippen LogP contribution is 2.29. The molecule has 0 heterocycles. The van der Waals surface area contributed by atoms with Gasteiger partial charge in [-0.05, 0) is 17.0 Å². The molecule has 0 N–H and O–H groups in total. The first kappa shape index (κ1) is 11.2. The molecule has 0 bridgehead atoms. The summed E-state index contributed by atoms with van der Waals surface area (Å²) in [4.78, 5) is -0.229. The molecule has 0 atom stereocenters. The topological polar surface area (TPSA) is 34.1 Å². The highest BCUT2D eigenvalue weighted by Gasteiger charge is 2.24. The number of benzene rings is 1. The molecule has 0 spiro atoms. The molecular formula is C10H13FO2S. The van der Waals surface area contributed by atoms with Crippen LogP contribution in [0, 0.1) is 0 Å². The molecule has 0 fully saturated rings. The second-order valence-corrected chi connectivity index (χ2v) is 5.50. The van der Waals surface area contributed by atoms with Gasteiger partial charge in [0.25, 0.3) is 0 Å². The summed E-state index contributed by atoms with van der Waals surface area (Å²) in [6, 6.07) is 6.14. The van der Waals surface area contributed by atoms with Crippen molar-refractivity contribution in [2.45, 2.75) is 31.1 Å². The maximum absolute atomic E-state index is 12.9. The summed E-state index contributed by atoms with van der Waals surface area (Å²) in [5.41, 5.74) is 0.123. The quantitative estimate of drug-likeness (QED) is 0.676.